The van der Waals surface area contributed by atoms with Crippen LogP contribution in [0, 0.1) is 12.2 Å². The SMILES string of the molecule is C[CH]=[Zr+2].C[Si](C)(C)OCO.Cl.Cl.[C-]1=CC=CC1.[C-]1=CC=CC1. The molecule has 0 saturated carbocycles. The van der Waals surface area contributed by atoms with Gasteiger partial charge in [-0.25, -0.2) is 24.3 Å². The van der Waals surface area contributed by atoms with Gasteiger partial charge in [0.05, 0.1) is 0 Å². The van der Waals surface area contributed by atoms with E-state index in [1.807, 2.05) is 50.9 Å². The third kappa shape index (κ3) is 37.0. The minimum atomic E-state index is -1.41. The van der Waals surface area contributed by atoms with E-state index in [0.29, 0.717) is 0 Å². The topological polar surface area (TPSA) is 29.5 Å². The van der Waals surface area contributed by atoms with Crippen LogP contribution in [0.3, 0.4) is 0 Å². The molecule has 1 N–H and O–H groups in total. The minimum Gasteiger partial charge on any atom is -0.396 e. The first-order chi connectivity index (χ1) is 9.47. The van der Waals surface area contributed by atoms with Crippen molar-refractivity contribution >= 4 is 36.8 Å². The second-order valence-corrected chi connectivity index (χ2v) is 10.6. The molecule has 0 fully saturated rings. The van der Waals surface area contributed by atoms with Crippen molar-refractivity contribution in [3.05, 3.63) is 48.6 Å². The Kier molecular flexibility index (Phi) is 32.7. The predicted octanol–water partition coefficient (Wildman–Crippen LogP) is 4.60. The quantitative estimate of drug-likeness (QED) is 0.385. The van der Waals surface area contributed by atoms with Gasteiger partial charge in [-0.15, -0.1) is 37.7 Å². The maximum Gasteiger partial charge on any atom is 0.186 e. The standard InChI is InChI=1S/2C5H5.C4H12O2Si.C2H4.2ClH.Zr/c2*1-2-4-5-3-1;1-7(2,3)6-4-5;1-2;;;/h2*1-3H,4H2;5H,4H2,1-3H3;1H,2H3;2*1H;/q2*-1;;;;;+2. The number of allylic oxidation sites excluding steroid dienone is 8. The molecule has 0 spiro atoms. The molecule has 0 aromatic heterocycles. The zero-order valence-corrected chi connectivity index (χ0v) is 18.9. The molecule has 0 aromatic rings. The van der Waals surface area contributed by atoms with Crippen molar-refractivity contribution < 1.29 is 33.8 Å². The fraction of sp³-hybridized carbons (Fsp3) is 0.438. The molecule has 0 unspecified atom stereocenters. The van der Waals surface area contributed by atoms with Crippen LogP contribution in [0.1, 0.15) is 19.8 Å². The predicted molar refractivity (Wildman–Crippen MR) is 101 cm³/mol. The van der Waals surface area contributed by atoms with Crippen LogP contribution in [-0.2, 0) is 28.7 Å². The van der Waals surface area contributed by atoms with Gasteiger partial charge in [-0.2, -0.15) is 12.2 Å². The number of aliphatic hydroxyl groups excluding tert-OH is 1. The Morgan fingerprint density at radius 1 is 1.09 bits per heavy atom. The molecule has 0 aromatic carbocycles. The molecule has 0 radical (unpaired) electrons. The van der Waals surface area contributed by atoms with E-state index in [2.05, 4.69) is 28.0 Å². The van der Waals surface area contributed by atoms with Gasteiger partial charge in [-0.1, -0.05) is 0 Å². The summed E-state index contributed by atoms with van der Waals surface area (Å²) in [6, 6.07) is 0. The van der Waals surface area contributed by atoms with Crippen LogP contribution in [0.4, 0.5) is 0 Å². The summed E-state index contributed by atoms with van der Waals surface area (Å²) in [5.74, 6) is 0. The van der Waals surface area contributed by atoms with Crippen molar-refractivity contribution in [3.8, 4) is 0 Å². The fourth-order valence-corrected chi connectivity index (χ4v) is 1.26. The molecule has 2 aliphatic rings. The van der Waals surface area contributed by atoms with E-state index in [4.69, 9.17) is 9.53 Å². The maximum absolute atomic E-state index is 8.21. The third-order valence-corrected chi connectivity index (χ3v) is 2.66. The van der Waals surface area contributed by atoms with Gasteiger partial charge in [0.15, 0.2) is 8.32 Å². The average Bonchev–Trinajstić information content (AvgIpc) is 3.09. The van der Waals surface area contributed by atoms with E-state index >= 15 is 0 Å². The van der Waals surface area contributed by atoms with Gasteiger partial charge in [0.1, 0.15) is 6.79 Å². The minimum absolute atomic E-state index is 0. The van der Waals surface area contributed by atoms with E-state index in [1.54, 1.807) is 0 Å². The van der Waals surface area contributed by atoms with Crippen molar-refractivity contribution in [2.24, 2.45) is 0 Å². The van der Waals surface area contributed by atoms with E-state index in [1.165, 1.54) is 24.2 Å². The summed E-state index contributed by atoms with van der Waals surface area (Å²) in [4.78, 5) is 0. The Balaban J connectivity index is -0.0000000984. The first-order valence-corrected chi connectivity index (χ1v) is 11.4. The van der Waals surface area contributed by atoms with E-state index < -0.39 is 8.32 Å². The molecule has 2 nitrogen and oxygen atoms in total. The fourth-order valence-electron chi connectivity index (χ4n) is 0.874. The van der Waals surface area contributed by atoms with Crippen molar-refractivity contribution in [3.63, 3.8) is 0 Å². The summed E-state index contributed by atoms with van der Waals surface area (Å²) >= 11 is 1.51. The van der Waals surface area contributed by atoms with Crippen LogP contribution in [-0.4, -0.2) is 23.9 Å². The number of aliphatic hydroxyl groups is 1. The third-order valence-electron chi connectivity index (χ3n) is 1.67. The van der Waals surface area contributed by atoms with Crippen LogP contribution in [0.15, 0.2) is 36.5 Å². The number of hydrogen-bond donors (Lipinski definition) is 1. The summed E-state index contributed by atoms with van der Waals surface area (Å²) in [5, 5.41) is 8.21. The maximum atomic E-state index is 8.21. The molecule has 0 amide bonds. The molecule has 0 heterocycles. The Labute approximate surface area is 164 Å². The van der Waals surface area contributed by atoms with Crippen LogP contribution in [0.5, 0.6) is 0 Å². The number of rotatable bonds is 2. The molecule has 2 rings (SSSR count). The first-order valence-electron chi connectivity index (χ1n) is 6.61. The van der Waals surface area contributed by atoms with Gasteiger partial charge in [0.2, 0.25) is 0 Å². The van der Waals surface area contributed by atoms with Gasteiger partial charge >= 0.3 is 34.9 Å². The summed E-state index contributed by atoms with van der Waals surface area (Å²) in [7, 11) is -1.41. The van der Waals surface area contributed by atoms with Crippen LogP contribution in [0.25, 0.3) is 0 Å². The Morgan fingerprint density at radius 3 is 1.50 bits per heavy atom. The van der Waals surface area contributed by atoms with Crippen molar-refractivity contribution in [2.75, 3.05) is 6.79 Å². The van der Waals surface area contributed by atoms with Crippen molar-refractivity contribution in [1.29, 1.82) is 0 Å². The van der Waals surface area contributed by atoms with E-state index in [-0.39, 0.29) is 31.6 Å². The molecular formula is C16H28Cl2O2SiZr. The molecule has 0 saturated heterocycles. The first kappa shape index (κ1) is 30.3. The van der Waals surface area contributed by atoms with Gasteiger partial charge in [0, 0.05) is 0 Å². The molecule has 0 aliphatic heterocycles. The Morgan fingerprint density at radius 2 is 1.45 bits per heavy atom. The average molecular weight is 443 g/mol. The van der Waals surface area contributed by atoms with Crippen molar-refractivity contribution in [1.82, 2.24) is 0 Å². The molecule has 0 bridgehead atoms. The zero-order chi connectivity index (χ0) is 15.7. The Bertz CT molecular complexity index is 294. The smallest absolute Gasteiger partial charge is 0.186 e. The normalized spacial score (nSPS) is 12.5. The summed E-state index contributed by atoms with van der Waals surface area (Å²) in [5.41, 5.74) is 0. The van der Waals surface area contributed by atoms with Gasteiger partial charge < -0.3 is 9.53 Å². The van der Waals surface area contributed by atoms with Crippen LogP contribution < -0.4 is 0 Å². The monoisotopic (exact) mass is 440 g/mol. The molecule has 2 aliphatic carbocycles. The zero-order valence-electron chi connectivity index (χ0n) is 13.8. The number of hydrogen-bond acceptors (Lipinski definition) is 2. The molecule has 22 heavy (non-hydrogen) atoms. The Hall–Kier alpha value is 0.430. The van der Waals surface area contributed by atoms with Gasteiger partial charge in [0.25, 0.3) is 0 Å². The summed E-state index contributed by atoms with van der Waals surface area (Å²) in [6.07, 6.45) is 20.0. The van der Waals surface area contributed by atoms with E-state index in [0.717, 1.165) is 12.8 Å². The largest absolute Gasteiger partial charge is 0.396 e. The molecule has 126 valence electrons. The van der Waals surface area contributed by atoms with Crippen molar-refractivity contribution in [2.45, 2.75) is 39.4 Å². The van der Waals surface area contributed by atoms with Gasteiger partial charge in [-0.3, -0.25) is 12.2 Å². The van der Waals surface area contributed by atoms with Crippen LogP contribution in [0.2, 0.25) is 19.6 Å². The van der Waals surface area contributed by atoms with Gasteiger partial charge in [-0.05, 0) is 19.6 Å². The summed E-state index contributed by atoms with van der Waals surface area (Å²) < 4.78 is 7.01. The second-order valence-electron chi connectivity index (χ2n) is 4.68. The molecular weight excluding hydrogens is 414 g/mol. The molecule has 0 atom stereocenters. The molecule has 6 heteroatoms. The van der Waals surface area contributed by atoms with E-state index in [9.17, 15) is 0 Å². The summed E-state index contributed by atoms with van der Waals surface area (Å²) in [6.45, 7) is 8.00. The second kappa shape index (κ2) is 23.7. The number of halogens is 2. The van der Waals surface area contributed by atoms with Crippen LogP contribution >= 0.6 is 24.8 Å².